The van der Waals surface area contributed by atoms with Crippen molar-refractivity contribution in [3.63, 3.8) is 0 Å². The second-order valence-electron chi connectivity index (χ2n) is 3.46. The van der Waals surface area contributed by atoms with Gasteiger partial charge in [-0.1, -0.05) is 5.92 Å². The Morgan fingerprint density at radius 2 is 2.31 bits per heavy atom. The van der Waals surface area contributed by atoms with Crippen molar-refractivity contribution in [3.05, 3.63) is 0 Å². The van der Waals surface area contributed by atoms with Gasteiger partial charge < -0.3 is 4.90 Å². The number of hydrogen-bond acceptors (Lipinski definition) is 2. The topological polar surface area (TPSA) is 23.6 Å². The van der Waals surface area contributed by atoms with Crippen LogP contribution in [0, 0.1) is 11.8 Å². The lowest BCUT2D eigenvalue weighted by molar-refractivity contribution is -0.136. The Bertz CT molecular complexity index is 251. The third-order valence-electron chi connectivity index (χ3n) is 2.38. The van der Waals surface area contributed by atoms with Gasteiger partial charge in [-0.25, -0.2) is 0 Å². The summed E-state index contributed by atoms with van der Waals surface area (Å²) in [6, 6.07) is 0.420. The lowest BCUT2D eigenvalue weighted by Crippen LogP contribution is -2.53. The molecule has 3 heteroatoms. The molecule has 0 N–H and O–H groups in total. The van der Waals surface area contributed by atoms with Gasteiger partial charge in [-0.15, -0.1) is 5.92 Å². The van der Waals surface area contributed by atoms with Gasteiger partial charge in [0, 0.05) is 19.6 Å². The molecule has 0 radical (unpaired) electrons. The predicted molar refractivity (Wildman–Crippen MR) is 52.1 cm³/mol. The highest BCUT2D eigenvalue weighted by molar-refractivity contribution is 5.78. The van der Waals surface area contributed by atoms with Crippen LogP contribution in [-0.4, -0.2) is 48.4 Å². The maximum absolute atomic E-state index is 11.3. The average molecular weight is 180 g/mol. The van der Waals surface area contributed by atoms with Crippen molar-refractivity contribution in [1.29, 1.82) is 0 Å². The molecule has 3 nitrogen and oxygen atoms in total. The molecule has 1 amide bonds. The number of hydrogen-bond donors (Lipinski definition) is 0. The van der Waals surface area contributed by atoms with Crippen LogP contribution in [0.1, 0.15) is 13.8 Å². The molecule has 0 aromatic carbocycles. The zero-order valence-electron chi connectivity index (χ0n) is 8.50. The lowest BCUT2D eigenvalue weighted by Gasteiger charge is -2.36. The van der Waals surface area contributed by atoms with E-state index in [1.165, 1.54) is 0 Å². The number of likely N-dealkylation sites (N-methyl/N-ethyl adjacent to an activating group) is 1. The van der Waals surface area contributed by atoms with E-state index in [0.717, 1.165) is 6.54 Å². The molecule has 13 heavy (non-hydrogen) atoms. The first-order chi connectivity index (χ1) is 6.15. The van der Waals surface area contributed by atoms with Crippen molar-refractivity contribution in [1.82, 2.24) is 9.80 Å². The Kier molecular flexibility index (Phi) is 3.32. The number of amides is 1. The first-order valence-corrected chi connectivity index (χ1v) is 4.52. The molecule has 0 saturated carbocycles. The molecule has 0 spiro atoms. The summed E-state index contributed by atoms with van der Waals surface area (Å²) in [5.41, 5.74) is 0. The average Bonchev–Trinajstić information content (AvgIpc) is 2.09. The summed E-state index contributed by atoms with van der Waals surface area (Å²) < 4.78 is 0. The van der Waals surface area contributed by atoms with Gasteiger partial charge >= 0.3 is 0 Å². The van der Waals surface area contributed by atoms with Crippen molar-refractivity contribution in [2.75, 3.05) is 26.7 Å². The van der Waals surface area contributed by atoms with Crippen LogP contribution in [0.4, 0.5) is 0 Å². The first kappa shape index (κ1) is 10.1. The van der Waals surface area contributed by atoms with Crippen molar-refractivity contribution in [2.24, 2.45) is 0 Å². The van der Waals surface area contributed by atoms with Gasteiger partial charge in [0.05, 0.1) is 13.1 Å². The third-order valence-corrected chi connectivity index (χ3v) is 2.38. The summed E-state index contributed by atoms with van der Waals surface area (Å²) in [7, 11) is 1.85. The maximum atomic E-state index is 11.3. The second kappa shape index (κ2) is 4.29. The molecule has 1 rings (SSSR count). The lowest BCUT2D eigenvalue weighted by atomic mass is 10.2. The standard InChI is InChI=1S/C10H16N2O/c1-4-5-6-12-8-10(13)11(3)7-9(12)2/h9H,6-8H2,1-3H3. The summed E-state index contributed by atoms with van der Waals surface area (Å²) in [6.07, 6.45) is 0. The largest absolute Gasteiger partial charge is 0.343 e. The fourth-order valence-corrected chi connectivity index (χ4v) is 1.46. The van der Waals surface area contributed by atoms with Gasteiger partial charge in [0.15, 0.2) is 0 Å². The molecule has 1 unspecified atom stereocenters. The minimum Gasteiger partial charge on any atom is -0.343 e. The smallest absolute Gasteiger partial charge is 0.236 e. The summed E-state index contributed by atoms with van der Waals surface area (Å²) >= 11 is 0. The van der Waals surface area contributed by atoms with Crippen LogP contribution in [0.15, 0.2) is 0 Å². The molecule has 1 aliphatic rings. The van der Waals surface area contributed by atoms with E-state index < -0.39 is 0 Å². The summed E-state index contributed by atoms with van der Waals surface area (Å²) in [5.74, 6) is 6.02. The van der Waals surface area contributed by atoms with Crippen molar-refractivity contribution in [2.45, 2.75) is 19.9 Å². The van der Waals surface area contributed by atoms with E-state index in [2.05, 4.69) is 23.7 Å². The Labute approximate surface area is 79.7 Å². The minimum absolute atomic E-state index is 0.191. The minimum atomic E-state index is 0.191. The highest BCUT2D eigenvalue weighted by Crippen LogP contribution is 2.07. The molecule has 1 atom stereocenters. The third kappa shape index (κ3) is 2.46. The summed E-state index contributed by atoms with van der Waals surface area (Å²) in [6.45, 7) is 5.97. The highest BCUT2D eigenvalue weighted by Gasteiger charge is 2.25. The van der Waals surface area contributed by atoms with E-state index >= 15 is 0 Å². The van der Waals surface area contributed by atoms with Crippen LogP contribution in [0.25, 0.3) is 0 Å². The van der Waals surface area contributed by atoms with E-state index in [9.17, 15) is 4.79 Å². The van der Waals surface area contributed by atoms with Crippen molar-refractivity contribution in [3.8, 4) is 11.8 Å². The number of carbonyl (C=O) groups is 1. The molecular formula is C10H16N2O. The molecule has 1 aliphatic heterocycles. The van der Waals surface area contributed by atoms with Crippen molar-refractivity contribution < 1.29 is 4.79 Å². The van der Waals surface area contributed by atoms with Gasteiger partial charge in [0.1, 0.15) is 0 Å². The maximum Gasteiger partial charge on any atom is 0.236 e. The summed E-state index contributed by atoms with van der Waals surface area (Å²) in [4.78, 5) is 15.2. The van der Waals surface area contributed by atoms with E-state index in [1.54, 1.807) is 4.90 Å². The number of nitrogens with zero attached hydrogens (tertiary/aromatic N) is 2. The van der Waals surface area contributed by atoms with Crippen LogP contribution in [-0.2, 0) is 4.79 Å². The van der Waals surface area contributed by atoms with Crippen LogP contribution in [0.2, 0.25) is 0 Å². The second-order valence-corrected chi connectivity index (χ2v) is 3.46. The zero-order chi connectivity index (χ0) is 9.84. The molecule has 72 valence electrons. The number of piperazine rings is 1. The predicted octanol–water partition coefficient (Wildman–Crippen LogP) is 0.172. The molecule has 1 fully saturated rings. The Morgan fingerprint density at radius 3 is 2.92 bits per heavy atom. The fraction of sp³-hybridized carbons (Fsp3) is 0.700. The van der Waals surface area contributed by atoms with Gasteiger partial charge in [-0.2, -0.15) is 0 Å². The molecular weight excluding hydrogens is 164 g/mol. The van der Waals surface area contributed by atoms with Crippen LogP contribution in [0.5, 0.6) is 0 Å². The van der Waals surface area contributed by atoms with Gasteiger partial charge in [0.2, 0.25) is 5.91 Å². The van der Waals surface area contributed by atoms with E-state index in [4.69, 9.17) is 0 Å². The Morgan fingerprint density at radius 1 is 1.62 bits per heavy atom. The summed E-state index contributed by atoms with van der Waals surface area (Å²) in [5, 5.41) is 0. The first-order valence-electron chi connectivity index (χ1n) is 4.52. The van der Waals surface area contributed by atoms with Crippen molar-refractivity contribution >= 4 is 5.91 Å². The van der Waals surface area contributed by atoms with Gasteiger partial charge in [-0.05, 0) is 13.8 Å². The Balaban J connectivity index is 2.54. The number of rotatable bonds is 1. The highest BCUT2D eigenvalue weighted by atomic mass is 16.2. The van der Waals surface area contributed by atoms with Crippen LogP contribution in [0.3, 0.4) is 0 Å². The monoisotopic (exact) mass is 180 g/mol. The SMILES string of the molecule is CC#CCN1CC(=O)N(C)CC1C. The molecule has 0 aromatic heterocycles. The molecule has 1 heterocycles. The molecule has 0 aromatic rings. The molecule has 0 bridgehead atoms. The zero-order valence-corrected chi connectivity index (χ0v) is 8.50. The quantitative estimate of drug-likeness (QED) is 0.537. The Hall–Kier alpha value is -1.01. The van der Waals surface area contributed by atoms with Crippen LogP contribution < -0.4 is 0 Å². The fourth-order valence-electron chi connectivity index (χ4n) is 1.46. The van der Waals surface area contributed by atoms with Crippen LogP contribution >= 0.6 is 0 Å². The van der Waals surface area contributed by atoms with E-state index in [0.29, 0.717) is 19.1 Å². The van der Waals surface area contributed by atoms with Gasteiger partial charge in [-0.3, -0.25) is 9.69 Å². The number of carbonyl (C=O) groups excluding carboxylic acids is 1. The molecule has 1 saturated heterocycles. The van der Waals surface area contributed by atoms with Gasteiger partial charge in [0.25, 0.3) is 0 Å². The van der Waals surface area contributed by atoms with E-state index in [1.807, 2.05) is 14.0 Å². The van der Waals surface area contributed by atoms with E-state index in [-0.39, 0.29) is 5.91 Å². The normalized spacial score (nSPS) is 24.1. The molecule has 0 aliphatic carbocycles.